The molecule has 1 aliphatic heterocycles. The average Bonchev–Trinajstić information content (AvgIpc) is 2.89. The van der Waals surface area contributed by atoms with Crippen LogP contribution in [0.1, 0.15) is 50.5 Å². The number of ether oxygens (including phenoxy) is 2. The summed E-state index contributed by atoms with van der Waals surface area (Å²) < 4.78 is 25.7. The summed E-state index contributed by atoms with van der Waals surface area (Å²) >= 11 is 0. The first kappa shape index (κ1) is 14.8. The van der Waals surface area contributed by atoms with Crippen LogP contribution in [-0.4, -0.2) is 18.3 Å². The summed E-state index contributed by atoms with van der Waals surface area (Å²) in [6.07, 6.45) is 8.43. The lowest BCUT2D eigenvalue weighted by Crippen LogP contribution is -2.32. The van der Waals surface area contributed by atoms with Crippen molar-refractivity contribution in [1.29, 1.82) is 0 Å². The van der Waals surface area contributed by atoms with E-state index in [1.54, 1.807) is 12.1 Å². The lowest BCUT2D eigenvalue weighted by Gasteiger charge is -2.33. The highest BCUT2D eigenvalue weighted by atomic mass is 19.1. The van der Waals surface area contributed by atoms with Crippen LogP contribution in [0.15, 0.2) is 18.2 Å². The molecule has 1 aromatic carbocycles. The van der Waals surface area contributed by atoms with Gasteiger partial charge in [0, 0.05) is 6.54 Å². The van der Waals surface area contributed by atoms with Gasteiger partial charge in [-0.05, 0) is 43.4 Å². The highest BCUT2D eigenvalue weighted by Crippen LogP contribution is 2.41. The van der Waals surface area contributed by atoms with Crippen molar-refractivity contribution in [3.05, 3.63) is 29.6 Å². The Balaban J connectivity index is 1.54. The molecule has 0 amide bonds. The van der Waals surface area contributed by atoms with Gasteiger partial charge in [-0.15, -0.1) is 0 Å². The number of benzene rings is 1. The Bertz CT molecular complexity index is 486. The lowest BCUT2D eigenvalue weighted by atomic mass is 9.83. The van der Waals surface area contributed by atoms with Gasteiger partial charge in [-0.1, -0.05) is 25.3 Å². The lowest BCUT2D eigenvalue weighted by molar-refractivity contribution is -0.0751. The predicted molar refractivity (Wildman–Crippen MR) is 79.7 cm³/mol. The molecule has 1 aliphatic carbocycles. The third-order valence-corrected chi connectivity index (χ3v) is 4.76. The average molecular weight is 293 g/mol. The first-order valence-electron chi connectivity index (χ1n) is 8.00. The topological polar surface area (TPSA) is 44.5 Å². The molecule has 4 heteroatoms. The molecule has 1 saturated heterocycles. The second-order valence-corrected chi connectivity index (χ2v) is 6.30. The summed E-state index contributed by atoms with van der Waals surface area (Å²) in [5.41, 5.74) is 6.36. The minimum absolute atomic E-state index is 0.0915. The molecule has 3 rings (SSSR count). The van der Waals surface area contributed by atoms with Gasteiger partial charge in [-0.3, -0.25) is 0 Å². The van der Waals surface area contributed by atoms with E-state index >= 15 is 0 Å². The molecule has 0 aromatic heterocycles. The molecule has 1 heterocycles. The molecule has 1 spiro atoms. The summed E-state index contributed by atoms with van der Waals surface area (Å²) in [6.45, 7) is 0.770. The molecule has 0 radical (unpaired) electrons. The third kappa shape index (κ3) is 3.38. The van der Waals surface area contributed by atoms with Crippen LogP contribution in [0.3, 0.4) is 0 Å². The highest BCUT2D eigenvalue weighted by molar-refractivity contribution is 5.29. The monoisotopic (exact) mass is 293 g/mol. The summed E-state index contributed by atoms with van der Waals surface area (Å²) in [5, 5.41) is 0. The molecule has 116 valence electrons. The molecule has 1 aromatic rings. The molecule has 3 nitrogen and oxygen atoms in total. The molecule has 1 atom stereocenters. The molecule has 2 fully saturated rings. The van der Waals surface area contributed by atoms with E-state index in [9.17, 15) is 4.39 Å². The van der Waals surface area contributed by atoms with E-state index in [1.165, 1.54) is 38.2 Å². The van der Waals surface area contributed by atoms with Crippen molar-refractivity contribution in [2.24, 2.45) is 5.73 Å². The fourth-order valence-corrected chi connectivity index (χ4v) is 3.55. The van der Waals surface area contributed by atoms with Crippen LogP contribution in [0.2, 0.25) is 0 Å². The zero-order chi connectivity index (χ0) is 14.7. The Hall–Kier alpha value is -1.13. The second-order valence-electron chi connectivity index (χ2n) is 6.30. The quantitative estimate of drug-likeness (QED) is 0.923. The van der Waals surface area contributed by atoms with Crippen molar-refractivity contribution in [2.45, 2.75) is 63.2 Å². The zero-order valence-electron chi connectivity index (χ0n) is 12.4. The van der Waals surface area contributed by atoms with Gasteiger partial charge in [0.2, 0.25) is 0 Å². The highest BCUT2D eigenvalue weighted by Gasteiger charge is 2.40. The molecule has 1 saturated carbocycles. The second kappa shape index (κ2) is 6.32. The number of hydrogen-bond acceptors (Lipinski definition) is 3. The van der Waals surface area contributed by atoms with Crippen molar-refractivity contribution in [2.75, 3.05) is 6.61 Å². The SMILES string of the molecule is NCc1ccc(OCC2CCC3(CCCCC3)O2)c(F)c1. The number of hydrogen-bond donors (Lipinski definition) is 1. The van der Waals surface area contributed by atoms with E-state index in [1.807, 2.05) is 0 Å². The summed E-state index contributed by atoms with van der Waals surface area (Å²) in [4.78, 5) is 0. The van der Waals surface area contributed by atoms with E-state index in [4.69, 9.17) is 15.2 Å². The predicted octanol–water partition coefficient (Wildman–Crippen LogP) is 3.55. The van der Waals surface area contributed by atoms with Crippen LogP contribution in [0.5, 0.6) is 5.75 Å². The van der Waals surface area contributed by atoms with Crippen LogP contribution in [-0.2, 0) is 11.3 Å². The molecule has 2 N–H and O–H groups in total. The van der Waals surface area contributed by atoms with E-state index in [-0.39, 0.29) is 17.5 Å². The van der Waals surface area contributed by atoms with Crippen molar-refractivity contribution in [3.8, 4) is 5.75 Å². The van der Waals surface area contributed by atoms with Crippen LogP contribution in [0.25, 0.3) is 0 Å². The largest absolute Gasteiger partial charge is 0.488 e. The maximum Gasteiger partial charge on any atom is 0.165 e. The van der Waals surface area contributed by atoms with E-state index in [0.717, 1.165) is 18.4 Å². The Labute approximate surface area is 125 Å². The number of halogens is 1. The molecular weight excluding hydrogens is 269 g/mol. The van der Waals surface area contributed by atoms with Gasteiger partial charge in [0.15, 0.2) is 11.6 Å². The van der Waals surface area contributed by atoms with Gasteiger partial charge in [0.1, 0.15) is 6.61 Å². The minimum Gasteiger partial charge on any atom is -0.488 e. The van der Waals surface area contributed by atoms with Crippen LogP contribution >= 0.6 is 0 Å². The van der Waals surface area contributed by atoms with Crippen molar-refractivity contribution >= 4 is 0 Å². The fourth-order valence-electron chi connectivity index (χ4n) is 3.55. The molecule has 0 bridgehead atoms. The molecule has 2 aliphatic rings. The zero-order valence-corrected chi connectivity index (χ0v) is 12.4. The molecular formula is C17H24FNO2. The van der Waals surface area contributed by atoms with Crippen LogP contribution in [0.4, 0.5) is 4.39 Å². The normalized spacial score (nSPS) is 24.4. The van der Waals surface area contributed by atoms with Gasteiger partial charge in [-0.25, -0.2) is 4.39 Å². The van der Waals surface area contributed by atoms with Gasteiger partial charge < -0.3 is 15.2 Å². The maximum atomic E-state index is 13.8. The standard InChI is InChI=1S/C17H24FNO2/c18-15-10-13(11-19)4-5-16(15)20-12-14-6-9-17(21-14)7-2-1-3-8-17/h4-5,10,14H,1-3,6-9,11-12,19H2. The van der Waals surface area contributed by atoms with E-state index < -0.39 is 0 Å². The maximum absolute atomic E-state index is 13.8. The first-order chi connectivity index (χ1) is 10.2. The summed E-state index contributed by atoms with van der Waals surface area (Å²) in [6, 6.07) is 4.90. The Kier molecular flexibility index (Phi) is 4.45. The van der Waals surface area contributed by atoms with Crippen molar-refractivity contribution < 1.29 is 13.9 Å². The summed E-state index contributed by atoms with van der Waals surface area (Å²) in [7, 11) is 0. The van der Waals surface area contributed by atoms with Crippen molar-refractivity contribution in [1.82, 2.24) is 0 Å². The number of rotatable bonds is 4. The molecule has 21 heavy (non-hydrogen) atoms. The van der Waals surface area contributed by atoms with E-state index in [0.29, 0.717) is 18.9 Å². The van der Waals surface area contributed by atoms with Crippen LogP contribution in [0, 0.1) is 5.82 Å². The number of nitrogens with two attached hydrogens (primary N) is 1. The summed E-state index contributed by atoms with van der Waals surface area (Å²) in [5.74, 6) is -0.0521. The van der Waals surface area contributed by atoms with E-state index in [2.05, 4.69) is 0 Å². The van der Waals surface area contributed by atoms with Gasteiger partial charge in [0.25, 0.3) is 0 Å². The first-order valence-corrected chi connectivity index (χ1v) is 8.00. The van der Waals surface area contributed by atoms with Gasteiger partial charge in [-0.2, -0.15) is 0 Å². The molecule has 1 unspecified atom stereocenters. The van der Waals surface area contributed by atoms with Crippen LogP contribution < -0.4 is 10.5 Å². The Morgan fingerprint density at radius 1 is 1.24 bits per heavy atom. The Morgan fingerprint density at radius 3 is 2.76 bits per heavy atom. The van der Waals surface area contributed by atoms with Gasteiger partial charge in [0.05, 0.1) is 11.7 Å². The smallest absolute Gasteiger partial charge is 0.165 e. The fraction of sp³-hybridized carbons (Fsp3) is 0.647. The van der Waals surface area contributed by atoms with Gasteiger partial charge >= 0.3 is 0 Å². The van der Waals surface area contributed by atoms with Crippen molar-refractivity contribution in [3.63, 3.8) is 0 Å². The third-order valence-electron chi connectivity index (χ3n) is 4.76. The Morgan fingerprint density at radius 2 is 2.05 bits per heavy atom. The minimum atomic E-state index is -0.344.